The predicted molar refractivity (Wildman–Crippen MR) is 133 cm³/mol. The molecule has 0 spiro atoms. The lowest BCUT2D eigenvalue weighted by atomic mass is 10.1. The molecule has 0 fully saturated rings. The molecule has 3 aromatic heterocycles. The molecule has 1 aromatic carbocycles. The highest BCUT2D eigenvalue weighted by atomic mass is 32.2. The Morgan fingerprint density at radius 1 is 1.12 bits per heavy atom. The first-order valence-corrected chi connectivity index (χ1v) is 12.0. The maximum Gasteiger partial charge on any atom is 0.356 e. The number of ether oxygens (including phenoxy) is 1. The van der Waals surface area contributed by atoms with Gasteiger partial charge in [-0.2, -0.15) is 5.10 Å². The Kier molecular flexibility index (Phi) is 6.70. The zero-order chi connectivity index (χ0) is 24.5. The first kappa shape index (κ1) is 23.9. The van der Waals surface area contributed by atoms with E-state index >= 15 is 0 Å². The minimum atomic E-state index is -1.20. The second-order valence-corrected chi connectivity index (χ2v) is 10.9. The number of pyridine rings is 2. The van der Waals surface area contributed by atoms with Crippen molar-refractivity contribution in [2.24, 2.45) is 0 Å². The summed E-state index contributed by atoms with van der Waals surface area (Å²) in [5.74, 6) is 0.00868. The van der Waals surface area contributed by atoms with Crippen molar-refractivity contribution in [2.75, 3.05) is 7.11 Å². The summed E-state index contributed by atoms with van der Waals surface area (Å²) in [5, 5.41) is 5.40. The van der Waals surface area contributed by atoms with E-state index < -0.39 is 17.3 Å². The van der Waals surface area contributed by atoms with Crippen molar-refractivity contribution in [3.63, 3.8) is 0 Å². The molecule has 0 radical (unpaired) electrons. The van der Waals surface area contributed by atoms with Crippen LogP contribution < -0.4 is 4.72 Å². The van der Waals surface area contributed by atoms with Crippen molar-refractivity contribution < 1.29 is 14.1 Å². The number of rotatable bonds is 6. The molecule has 8 nitrogen and oxygen atoms in total. The lowest BCUT2D eigenvalue weighted by Crippen LogP contribution is -2.40. The van der Waals surface area contributed by atoms with Crippen LogP contribution in [0.25, 0.3) is 28.0 Å². The van der Waals surface area contributed by atoms with Crippen LogP contribution in [-0.4, -0.2) is 42.1 Å². The van der Waals surface area contributed by atoms with Gasteiger partial charge in [-0.15, -0.1) is 4.72 Å². The van der Waals surface area contributed by atoms with Gasteiger partial charge in [0.2, 0.25) is 0 Å². The van der Waals surface area contributed by atoms with Crippen LogP contribution in [0.2, 0.25) is 0 Å². The fourth-order valence-electron chi connectivity index (χ4n) is 3.37. The monoisotopic (exact) mass is 477 g/mol. The highest BCUT2D eigenvalue weighted by Gasteiger charge is 2.28. The van der Waals surface area contributed by atoms with Crippen molar-refractivity contribution in [1.29, 1.82) is 0 Å². The van der Waals surface area contributed by atoms with Crippen LogP contribution in [-0.2, 0) is 16.1 Å². The van der Waals surface area contributed by atoms with E-state index in [4.69, 9.17) is 9.72 Å². The third-order valence-electron chi connectivity index (χ3n) is 5.27. The molecule has 1 unspecified atom stereocenters. The predicted octanol–water partition coefficient (Wildman–Crippen LogP) is 4.38. The van der Waals surface area contributed by atoms with E-state index in [2.05, 4.69) is 14.8 Å². The molecule has 4 aromatic rings. The summed E-state index contributed by atoms with van der Waals surface area (Å²) < 4.78 is 21.7. The Bertz CT molecular complexity index is 1330. The summed E-state index contributed by atoms with van der Waals surface area (Å²) in [6, 6.07) is 16.7. The highest BCUT2D eigenvalue weighted by Crippen LogP contribution is 2.26. The molecule has 0 aliphatic heterocycles. The van der Waals surface area contributed by atoms with Crippen molar-refractivity contribution in [1.82, 2.24) is 24.5 Å². The standard InChI is InChI=1S/C25H27N5O3S/c1-16(29-34(32)25(2,3)4)19-8-6-9-20(27-19)17-12-13-18-15-26-30(22(18)14-17)23-11-7-10-21(28-23)24(31)33-5/h6-16,29H,1-5H3/t16-,34?/m0/s1. The zero-order valence-corrected chi connectivity index (χ0v) is 20.6. The van der Waals surface area contributed by atoms with Gasteiger partial charge in [0.25, 0.3) is 0 Å². The Morgan fingerprint density at radius 3 is 2.62 bits per heavy atom. The molecular weight excluding hydrogens is 450 g/mol. The van der Waals surface area contributed by atoms with Gasteiger partial charge < -0.3 is 9.29 Å². The zero-order valence-electron chi connectivity index (χ0n) is 19.8. The van der Waals surface area contributed by atoms with Crippen molar-refractivity contribution >= 4 is 28.2 Å². The molecule has 0 aliphatic carbocycles. The molecule has 0 bridgehead atoms. The summed E-state index contributed by atoms with van der Waals surface area (Å²) in [5.41, 5.74) is 3.54. The Morgan fingerprint density at radius 2 is 1.88 bits per heavy atom. The van der Waals surface area contributed by atoms with Gasteiger partial charge >= 0.3 is 5.97 Å². The van der Waals surface area contributed by atoms with Crippen LogP contribution in [0.15, 0.2) is 60.8 Å². The van der Waals surface area contributed by atoms with E-state index in [9.17, 15) is 9.35 Å². The fraction of sp³-hybridized carbons (Fsp3) is 0.280. The maximum atomic E-state index is 12.5. The largest absolute Gasteiger partial charge is 0.598 e. The molecule has 0 aliphatic rings. The van der Waals surface area contributed by atoms with Crippen LogP contribution in [0.5, 0.6) is 0 Å². The maximum absolute atomic E-state index is 12.5. The van der Waals surface area contributed by atoms with Crippen molar-refractivity contribution in [3.05, 3.63) is 72.2 Å². The molecular formula is C25H27N5O3S. The van der Waals surface area contributed by atoms with Gasteiger partial charge in [0.1, 0.15) is 4.75 Å². The lowest BCUT2D eigenvalue weighted by Gasteiger charge is -2.26. The number of aromatic nitrogens is 4. The number of esters is 1. The summed E-state index contributed by atoms with van der Waals surface area (Å²) in [4.78, 5) is 21.1. The van der Waals surface area contributed by atoms with Gasteiger partial charge in [-0.25, -0.2) is 14.5 Å². The molecule has 1 N–H and O–H groups in total. The minimum absolute atomic E-state index is 0.181. The number of carbonyl (C=O) groups is 1. The SMILES string of the molecule is COC(=O)c1cccc(-n2ncc3ccc(-c4cccc([C@H](C)N[S+]([O-])C(C)(C)C)n4)cc32)n1. The van der Waals surface area contributed by atoms with Crippen molar-refractivity contribution in [2.45, 2.75) is 38.5 Å². The molecule has 0 saturated heterocycles. The molecule has 176 valence electrons. The van der Waals surface area contributed by atoms with E-state index in [0.29, 0.717) is 5.82 Å². The van der Waals surface area contributed by atoms with Gasteiger partial charge in [0.05, 0.1) is 36.3 Å². The first-order chi connectivity index (χ1) is 16.2. The first-order valence-electron chi connectivity index (χ1n) is 10.9. The summed E-state index contributed by atoms with van der Waals surface area (Å²) in [6.45, 7) is 7.75. The number of methoxy groups -OCH3 is 1. The summed E-state index contributed by atoms with van der Waals surface area (Å²) in [7, 11) is 1.32. The summed E-state index contributed by atoms with van der Waals surface area (Å²) in [6.07, 6.45) is 1.75. The van der Waals surface area contributed by atoms with E-state index in [1.54, 1.807) is 29.1 Å². The normalized spacial score (nSPS) is 13.6. The van der Waals surface area contributed by atoms with Crippen molar-refractivity contribution in [3.8, 4) is 17.1 Å². The average molecular weight is 478 g/mol. The number of benzene rings is 1. The van der Waals surface area contributed by atoms with Crippen LogP contribution in [0.4, 0.5) is 0 Å². The van der Waals surface area contributed by atoms with Gasteiger partial charge in [-0.3, -0.25) is 4.98 Å². The number of hydrogen-bond acceptors (Lipinski definition) is 7. The highest BCUT2D eigenvalue weighted by molar-refractivity contribution is 7.90. The van der Waals surface area contributed by atoms with E-state index in [1.807, 2.05) is 64.1 Å². The van der Waals surface area contributed by atoms with Crippen LogP contribution >= 0.6 is 0 Å². The number of hydrogen-bond donors (Lipinski definition) is 1. The van der Waals surface area contributed by atoms with Gasteiger partial charge in [-0.1, -0.05) is 24.3 Å². The van der Waals surface area contributed by atoms with E-state index in [0.717, 1.165) is 27.9 Å². The third kappa shape index (κ3) is 4.96. The Balaban J connectivity index is 1.68. The molecule has 9 heteroatoms. The number of nitrogens with zero attached hydrogens (tertiary/aromatic N) is 4. The Labute approximate surface area is 201 Å². The molecule has 0 saturated carbocycles. The number of nitrogens with one attached hydrogen (secondary N) is 1. The average Bonchev–Trinajstić information content (AvgIpc) is 3.26. The second kappa shape index (κ2) is 9.54. The topological polar surface area (TPSA) is 105 Å². The third-order valence-corrected chi connectivity index (χ3v) is 6.95. The number of carbonyl (C=O) groups excluding carboxylic acids is 1. The van der Waals surface area contributed by atoms with Gasteiger partial charge in [-0.05, 0) is 58.0 Å². The Hall–Kier alpha value is -3.27. The second-order valence-electron chi connectivity index (χ2n) is 8.87. The smallest absolute Gasteiger partial charge is 0.356 e. The molecule has 4 rings (SSSR count). The lowest BCUT2D eigenvalue weighted by molar-refractivity contribution is 0.0594. The quantitative estimate of drug-likeness (QED) is 0.324. The number of fused-ring (bicyclic) bond motifs is 1. The van der Waals surface area contributed by atoms with Crippen LogP contribution in [0, 0.1) is 0 Å². The minimum Gasteiger partial charge on any atom is -0.598 e. The van der Waals surface area contributed by atoms with E-state index in [-0.39, 0.29) is 16.5 Å². The van der Waals surface area contributed by atoms with Gasteiger partial charge in [0, 0.05) is 22.3 Å². The van der Waals surface area contributed by atoms with Crippen LogP contribution in [0.3, 0.4) is 0 Å². The molecule has 34 heavy (non-hydrogen) atoms. The van der Waals surface area contributed by atoms with Gasteiger partial charge in [0.15, 0.2) is 11.5 Å². The van der Waals surface area contributed by atoms with E-state index in [1.165, 1.54) is 7.11 Å². The van der Waals surface area contributed by atoms with Crippen LogP contribution in [0.1, 0.15) is 49.9 Å². The molecule has 2 atom stereocenters. The fourth-order valence-corrected chi connectivity index (χ4v) is 4.17. The molecule has 3 heterocycles. The summed E-state index contributed by atoms with van der Waals surface area (Å²) >= 11 is -1.20. The molecule has 0 amide bonds.